The highest BCUT2D eigenvalue weighted by Gasteiger charge is 2.24. The van der Waals surface area contributed by atoms with Crippen LogP contribution in [0.5, 0.6) is 0 Å². The second-order valence-electron chi connectivity index (χ2n) is 7.42. The van der Waals surface area contributed by atoms with Crippen LogP contribution < -0.4 is 0 Å². The minimum absolute atomic E-state index is 0.333. The summed E-state index contributed by atoms with van der Waals surface area (Å²) in [5, 5.41) is 0. The zero-order valence-corrected chi connectivity index (χ0v) is 15.0. The lowest BCUT2D eigenvalue weighted by molar-refractivity contribution is -0.134. The fraction of sp³-hybridized carbons (Fsp3) is 0.650. The van der Waals surface area contributed by atoms with Crippen molar-refractivity contribution < 1.29 is 4.79 Å². The van der Waals surface area contributed by atoms with Crippen LogP contribution in [0.25, 0.3) is 0 Å². The summed E-state index contributed by atoms with van der Waals surface area (Å²) < 4.78 is 0. The van der Waals surface area contributed by atoms with Gasteiger partial charge in [0.1, 0.15) is 0 Å². The Morgan fingerprint density at radius 2 is 1.58 bits per heavy atom. The zero-order chi connectivity index (χ0) is 16.8. The van der Waals surface area contributed by atoms with Crippen LogP contribution in [0.1, 0.15) is 25.3 Å². The normalized spacial score (nSPS) is 21.1. The van der Waals surface area contributed by atoms with Gasteiger partial charge in [-0.1, -0.05) is 37.3 Å². The Morgan fingerprint density at radius 1 is 0.958 bits per heavy atom. The molecule has 0 spiro atoms. The van der Waals surface area contributed by atoms with Crippen molar-refractivity contribution in [3.63, 3.8) is 0 Å². The first-order valence-corrected chi connectivity index (χ1v) is 9.47. The molecule has 0 radical (unpaired) electrons. The van der Waals surface area contributed by atoms with Gasteiger partial charge in [-0.05, 0) is 30.7 Å². The molecule has 1 aromatic carbocycles. The average Bonchev–Trinajstić information content (AvgIpc) is 2.62. The maximum atomic E-state index is 12.4. The van der Waals surface area contributed by atoms with Gasteiger partial charge in [0.2, 0.25) is 5.91 Å². The summed E-state index contributed by atoms with van der Waals surface area (Å²) in [6.07, 6.45) is 3.45. The van der Waals surface area contributed by atoms with Crippen molar-refractivity contribution in [3.8, 4) is 0 Å². The Hall–Kier alpha value is -1.39. The Morgan fingerprint density at radius 3 is 2.25 bits per heavy atom. The summed E-state index contributed by atoms with van der Waals surface area (Å²) >= 11 is 0. The van der Waals surface area contributed by atoms with E-state index in [4.69, 9.17) is 0 Å². The van der Waals surface area contributed by atoms with Crippen molar-refractivity contribution in [3.05, 3.63) is 35.9 Å². The Labute approximate surface area is 146 Å². The van der Waals surface area contributed by atoms with Crippen LogP contribution in [0.3, 0.4) is 0 Å². The summed E-state index contributed by atoms with van der Waals surface area (Å²) in [6.45, 7) is 10.1. The van der Waals surface area contributed by atoms with Gasteiger partial charge in [-0.25, -0.2) is 0 Å². The van der Waals surface area contributed by atoms with Gasteiger partial charge < -0.3 is 9.80 Å². The number of benzene rings is 1. The number of likely N-dealkylation sites (tertiary alicyclic amines) is 1. The molecule has 0 bridgehead atoms. The Balaban J connectivity index is 1.35. The van der Waals surface area contributed by atoms with E-state index in [1.54, 1.807) is 0 Å². The van der Waals surface area contributed by atoms with Crippen molar-refractivity contribution >= 4 is 5.91 Å². The first-order chi connectivity index (χ1) is 11.7. The van der Waals surface area contributed by atoms with Gasteiger partial charge in [0.25, 0.3) is 0 Å². The van der Waals surface area contributed by atoms with Crippen molar-refractivity contribution in [1.82, 2.24) is 14.7 Å². The third-order valence-corrected chi connectivity index (χ3v) is 5.52. The summed E-state index contributed by atoms with van der Waals surface area (Å²) in [5.41, 5.74) is 1.41. The number of carbonyl (C=O) groups excluding carboxylic acids is 1. The van der Waals surface area contributed by atoms with Crippen LogP contribution in [0.2, 0.25) is 0 Å². The van der Waals surface area contributed by atoms with Gasteiger partial charge in [-0.15, -0.1) is 0 Å². The Bertz CT molecular complexity index is 503. The minimum Gasteiger partial charge on any atom is -0.342 e. The highest BCUT2D eigenvalue weighted by molar-refractivity contribution is 5.78. The molecule has 1 amide bonds. The number of nitrogens with zero attached hydrogens (tertiary/aromatic N) is 3. The first kappa shape index (κ1) is 17.4. The molecule has 4 nitrogen and oxygen atoms in total. The van der Waals surface area contributed by atoms with Crippen molar-refractivity contribution in [2.75, 3.05) is 52.4 Å². The molecule has 24 heavy (non-hydrogen) atoms. The molecule has 0 N–H and O–H groups in total. The second-order valence-corrected chi connectivity index (χ2v) is 7.42. The predicted octanol–water partition coefficient (Wildman–Crippen LogP) is 2.11. The molecule has 0 aliphatic carbocycles. The molecule has 0 aromatic heterocycles. The second kappa shape index (κ2) is 8.63. The van der Waals surface area contributed by atoms with Crippen LogP contribution in [-0.2, 0) is 11.2 Å². The summed E-state index contributed by atoms with van der Waals surface area (Å²) in [6, 6.07) is 10.7. The number of piperidine rings is 1. The number of carbonyl (C=O) groups is 1. The van der Waals surface area contributed by atoms with E-state index in [2.05, 4.69) is 52.0 Å². The van der Waals surface area contributed by atoms with Crippen molar-refractivity contribution in [1.29, 1.82) is 0 Å². The van der Waals surface area contributed by atoms with Crippen LogP contribution in [0, 0.1) is 5.92 Å². The number of rotatable bonds is 5. The average molecular weight is 329 g/mol. The summed E-state index contributed by atoms with van der Waals surface area (Å²) in [5.74, 6) is 1.11. The third-order valence-electron chi connectivity index (χ3n) is 5.52. The molecule has 132 valence electrons. The smallest absolute Gasteiger partial charge is 0.236 e. The van der Waals surface area contributed by atoms with E-state index < -0.39 is 0 Å². The van der Waals surface area contributed by atoms with E-state index in [-0.39, 0.29) is 0 Å². The number of amides is 1. The SMILES string of the molecule is CC1CCN(C(=O)CN2CCN(CCc3ccccc3)CC2)CC1. The standard InChI is InChI=1S/C20H31N3O/c1-18-7-11-23(12-8-18)20(24)17-22-15-13-21(14-16-22)10-9-19-5-3-2-4-6-19/h2-6,18H,7-17H2,1H3. The summed E-state index contributed by atoms with van der Waals surface area (Å²) in [7, 11) is 0. The molecule has 2 aliphatic heterocycles. The fourth-order valence-corrected chi connectivity index (χ4v) is 3.65. The van der Waals surface area contributed by atoms with Gasteiger partial charge in [0, 0.05) is 45.8 Å². The summed E-state index contributed by atoms with van der Waals surface area (Å²) in [4.78, 5) is 19.4. The highest BCUT2D eigenvalue weighted by Crippen LogP contribution is 2.16. The Kier molecular flexibility index (Phi) is 6.27. The molecule has 2 saturated heterocycles. The van der Waals surface area contributed by atoms with Gasteiger partial charge in [-0.3, -0.25) is 9.69 Å². The highest BCUT2D eigenvalue weighted by atomic mass is 16.2. The lowest BCUT2D eigenvalue weighted by atomic mass is 9.99. The van der Waals surface area contributed by atoms with E-state index >= 15 is 0 Å². The van der Waals surface area contributed by atoms with E-state index in [1.165, 1.54) is 18.4 Å². The molecule has 2 heterocycles. The van der Waals surface area contributed by atoms with Crippen LogP contribution >= 0.6 is 0 Å². The van der Waals surface area contributed by atoms with Gasteiger partial charge in [0.15, 0.2) is 0 Å². The molecule has 4 heteroatoms. The molecular formula is C20H31N3O. The topological polar surface area (TPSA) is 26.8 Å². The van der Waals surface area contributed by atoms with Crippen LogP contribution in [0.4, 0.5) is 0 Å². The molecular weight excluding hydrogens is 298 g/mol. The number of piperazine rings is 1. The van der Waals surface area contributed by atoms with Crippen molar-refractivity contribution in [2.24, 2.45) is 5.92 Å². The molecule has 3 rings (SSSR count). The number of hydrogen-bond donors (Lipinski definition) is 0. The van der Waals surface area contributed by atoms with Gasteiger partial charge in [-0.2, -0.15) is 0 Å². The quantitative estimate of drug-likeness (QED) is 0.828. The maximum Gasteiger partial charge on any atom is 0.236 e. The molecule has 0 atom stereocenters. The molecule has 0 saturated carbocycles. The molecule has 1 aromatic rings. The maximum absolute atomic E-state index is 12.4. The van der Waals surface area contributed by atoms with E-state index in [1.807, 2.05) is 0 Å². The zero-order valence-electron chi connectivity index (χ0n) is 15.0. The molecule has 2 fully saturated rings. The fourth-order valence-electron chi connectivity index (χ4n) is 3.65. The van der Waals surface area contributed by atoms with E-state index in [0.717, 1.165) is 58.2 Å². The monoisotopic (exact) mass is 329 g/mol. The molecule has 0 unspecified atom stereocenters. The van der Waals surface area contributed by atoms with E-state index in [9.17, 15) is 4.79 Å². The van der Waals surface area contributed by atoms with Crippen LogP contribution in [-0.4, -0.2) is 73.0 Å². The van der Waals surface area contributed by atoms with Gasteiger partial charge in [0.05, 0.1) is 6.54 Å². The van der Waals surface area contributed by atoms with Crippen LogP contribution in [0.15, 0.2) is 30.3 Å². The largest absolute Gasteiger partial charge is 0.342 e. The lowest BCUT2D eigenvalue weighted by Crippen LogP contribution is -2.51. The van der Waals surface area contributed by atoms with Crippen molar-refractivity contribution in [2.45, 2.75) is 26.2 Å². The minimum atomic E-state index is 0.333. The van der Waals surface area contributed by atoms with E-state index in [0.29, 0.717) is 12.5 Å². The number of hydrogen-bond acceptors (Lipinski definition) is 3. The first-order valence-electron chi connectivity index (χ1n) is 9.47. The lowest BCUT2D eigenvalue weighted by Gasteiger charge is -2.36. The third kappa shape index (κ3) is 5.05. The predicted molar refractivity (Wildman–Crippen MR) is 98.0 cm³/mol. The molecule has 2 aliphatic rings. The van der Waals surface area contributed by atoms with Gasteiger partial charge >= 0.3 is 0 Å².